The standard InChI is InChI=1S/C16H24N2O/c1-12(2)16(19)17-14-7-9-15(10-8-14)18-11-5-4-6-13(18)3/h7-10,12-13H,4-6,11H2,1-3H3,(H,17,19). The molecule has 1 saturated heterocycles. The first-order valence-corrected chi connectivity index (χ1v) is 7.25. The lowest BCUT2D eigenvalue weighted by Crippen LogP contribution is -2.37. The smallest absolute Gasteiger partial charge is 0.226 e. The second-order valence-corrected chi connectivity index (χ2v) is 5.73. The van der Waals surface area contributed by atoms with Crippen molar-refractivity contribution in [1.82, 2.24) is 0 Å². The molecule has 104 valence electrons. The number of amides is 1. The van der Waals surface area contributed by atoms with E-state index in [1.165, 1.54) is 24.9 Å². The van der Waals surface area contributed by atoms with Crippen LogP contribution in [0.5, 0.6) is 0 Å². The molecule has 1 aromatic rings. The normalized spacial score (nSPS) is 19.6. The highest BCUT2D eigenvalue weighted by molar-refractivity contribution is 5.92. The van der Waals surface area contributed by atoms with Crippen LogP contribution in [0.3, 0.4) is 0 Å². The summed E-state index contributed by atoms with van der Waals surface area (Å²) >= 11 is 0. The van der Waals surface area contributed by atoms with E-state index in [1.54, 1.807) is 0 Å². The van der Waals surface area contributed by atoms with Gasteiger partial charge in [0.25, 0.3) is 0 Å². The molecule has 3 nitrogen and oxygen atoms in total. The van der Waals surface area contributed by atoms with Gasteiger partial charge < -0.3 is 10.2 Å². The average Bonchev–Trinajstić information content (AvgIpc) is 2.40. The summed E-state index contributed by atoms with van der Waals surface area (Å²) in [5, 5.41) is 2.93. The topological polar surface area (TPSA) is 32.3 Å². The van der Waals surface area contributed by atoms with Crippen molar-refractivity contribution in [3.8, 4) is 0 Å². The first-order chi connectivity index (χ1) is 9.08. The highest BCUT2D eigenvalue weighted by Gasteiger charge is 2.18. The van der Waals surface area contributed by atoms with Crippen LogP contribution in [0.1, 0.15) is 40.0 Å². The fourth-order valence-electron chi connectivity index (χ4n) is 2.50. The summed E-state index contributed by atoms with van der Waals surface area (Å²) < 4.78 is 0. The predicted octanol–water partition coefficient (Wildman–Crippen LogP) is 3.66. The second kappa shape index (κ2) is 6.09. The number of carbonyl (C=O) groups excluding carboxylic acids is 1. The van der Waals surface area contributed by atoms with Gasteiger partial charge in [-0.3, -0.25) is 4.79 Å². The molecule has 1 aromatic carbocycles. The summed E-state index contributed by atoms with van der Waals surface area (Å²) in [5.74, 6) is 0.0842. The third-order valence-corrected chi connectivity index (χ3v) is 3.79. The SMILES string of the molecule is CC(C)C(=O)Nc1ccc(N2CCCCC2C)cc1. The van der Waals surface area contributed by atoms with Crippen molar-refractivity contribution in [1.29, 1.82) is 0 Å². The van der Waals surface area contributed by atoms with Crippen LogP contribution in [0.2, 0.25) is 0 Å². The van der Waals surface area contributed by atoms with Gasteiger partial charge in [-0.25, -0.2) is 0 Å². The Morgan fingerprint density at radius 2 is 1.95 bits per heavy atom. The molecule has 1 aliphatic heterocycles. The maximum Gasteiger partial charge on any atom is 0.226 e. The maximum absolute atomic E-state index is 11.6. The molecular formula is C16H24N2O. The quantitative estimate of drug-likeness (QED) is 0.899. The van der Waals surface area contributed by atoms with Crippen LogP contribution in [0.25, 0.3) is 0 Å². The largest absolute Gasteiger partial charge is 0.369 e. The summed E-state index contributed by atoms with van der Waals surface area (Å²) in [4.78, 5) is 14.1. The van der Waals surface area contributed by atoms with Crippen LogP contribution >= 0.6 is 0 Å². The Balaban J connectivity index is 2.03. The Morgan fingerprint density at radius 3 is 2.53 bits per heavy atom. The minimum atomic E-state index is 0.0155. The van der Waals surface area contributed by atoms with E-state index in [1.807, 2.05) is 26.0 Å². The molecule has 3 heteroatoms. The number of nitrogens with zero attached hydrogens (tertiary/aromatic N) is 1. The first kappa shape index (κ1) is 13.9. The summed E-state index contributed by atoms with van der Waals surface area (Å²) in [6, 6.07) is 8.83. The van der Waals surface area contributed by atoms with Crippen molar-refractivity contribution in [2.24, 2.45) is 5.92 Å². The van der Waals surface area contributed by atoms with E-state index in [9.17, 15) is 4.79 Å². The number of hydrogen-bond acceptors (Lipinski definition) is 2. The molecule has 1 N–H and O–H groups in total. The third-order valence-electron chi connectivity index (χ3n) is 3.79. The summed E-state index contributed by atoms with van der Waals surface area (Å²) in [7, 11) is 0. The van der Waals surface area contributed by atoms with Crippen LogP contribution in [-0.2, 0) is 4.79 Å². The molecule has 0 aromatic heterocycles. The lowest BCUT2D eigenvalue weighted by molar-refractivity contribution is -0.118. The van der Waals surface area contributed by atoms with Crippen molar-refractivity contribution in [2.75, 3.05) is 16.8 Å². The maximum atomic E-state index is 11.6. The highest BCUT2D eigenvalue weighted by atomic mass is 16.1. The number of hydrogen-bond donors (Lipinski definition) is 1. The van der Waals surface area contributed by atoms with E-state index >= 15 is 0 Å². The van der Waals surface area contributed by atoms with Gasteiger partial charge in [-0.15, -0.1) is 0 Å². The zero-order valence-corrected chi connectivity index (χ0v) is 12.1. The van der Waals surface area contributed by atoms with Gasteiger partial charge in [0.15, 0.2) is 0 Å². The van der Waals surface area contributed by atoms with Crippen LogP contribution in [-0.4, -0.2) is 18.5 Å². The van der Waals surface area contributed by atoms with E-state index in [2.05, 4.69) is 29.3 Å². The Kier molecular flexibility index (Phi) is 4.46. The molecule has 0 aliphatic carbocycles. The highest BCUT2D eigenvalue weighted by Crippen LogP contribution is 2.25. The molecule has 0 radical (unpaired) electrons. The van der Waals surface area contributed by atoms with Gasteiger partial charge in [0.05, 0.1) is 0 Å². The van der Waals surface area contributed by atoms with Gasteiger partial charge in [-0.1, -0.05) is 13.8 Å². The molecule has 1 amide bonds. The van der Waals surface area contributed by atoms with Gasteiger partial charge >= 0.3 is 0 Å². The minimum Gasteiger partial charge on any atom is -0.369 e. The molecule has 19 heavy (non-hydrogen) atoms. The Morgan fingerprint density at radius 1 is 1.26 bits per heavy atom. The van der Waals surface area contributed by atoms with E-state index in [0.717, 1.165) is 12.2 Å². The molecule has 0 saturated carbocycles. The monoisotopic (exact) mass is 260 g/mol. The molecule has 0 bridgehead atoms. The fraction of sp³-hybridized carbons (Fsp3) is 0.562. The zero-order valence-electron chi connectivity index (χ0n) is 12.1. The van der Waals surface area contributed by atoms with Gasteiger partial charge in [-0.05, 0) is 50.5 Å². The zero-order chi connectivity index (χ0) is 13.8. The summed E-state index contributed by atoms with van der Waals surface area (Å²) in [6.45, 7) is 7.23. The third kappa shape index (κ3) is 3.49. The van der Waals surface area contributed by atoms with Crippen molar-refractivity contribution >= 4 is 17.3 Å². The molecule has 1 fully saturated rings. The second-order valence-electron chi connectivity index (χ2n) is 5.73. The number of benzene rings is 1. The Labute approximate surface area is 116 Å². The molecule has 0 spiro atoms. The van der Waals surface area contributed by atoms with Crippen molar-refractivity contribution in [3.63, 3.8) is 0 Å². The minimum absolute atomic E-state index is 0.0155. The molecule has 1 unspecified atom stereocenters. The van der Waals surface area contributed by atoms with Gasteiger partial charge in [0.1, 0.15) is 0 Å². The number of rotatable bonds is 3. The lowest BCUT2D eigenvalue weighted by atomic mass is 10.0. The van der Waals surface area contributed by atoms with Crippen LogP contribution in [0.4, 0.5) is 11.4 Å². The average molecular weight is 260 g/mol. The van der Waals surface area contributed by atoms with Gasteiger partial charge in [0, 0.05) is 29.9 Å². The van der Waals surface area contributed by atoms with Crippen LogP contribution in [0.15, 0.2) is 24.3 Å². The van der Waals surface area contributed by atoms with Crippen LogP contribution in [0, 0.1) is 5.92 Å². The van der Waals surface area contributed by atoms with E-state index in [4.69, 9.17) is 0 Å². The van der Waals surface area contributed by atoms with Crippen molar-refractivity contribution in [3.05, 3.63) is 24.3 Å². The lowest BCUT2D eigenvalue weighted by Gasteiger charge is -2.35. The number of carbonyl (C=O) groups is 1. The Bertz CT molecular complexity index is 425. The molecule has 1 aliphatic rings. The van der Waals surface area contributed by atoms with E-state index in [-0.39, 0.29) is 11.8 Å². The molecule has 1 atom stereocenters. The predicted molar refractivity (Wildman–Crippen MR) is 80.6 cm³/mol. The number of anilines is 2. The number of piperidine rings is 1. The molecule has 1 heterocycles. The Hall–Kier alpha value is -1.51. The molecular weight excluding hydrogens is 236 g/mol. The van der Waals surface area contributed by atoms with Crippen molar-refractivity contribution in [2.45, 2.75) is 46.1 Å². The first-order valence-electron chi connectivity index (χ1n) is 7.25. The summed E-state index contributed by atoms with van der Waals surface area (Å²) in [6.07, 6.45) is 3.88. The van der Waals surface area contributed by atoms with E-state index in [0.29, 0.717) is 6.04 Å². The molecule has 2 rings (SSSR count). The number of nitrogens with one attached hydrogen (secondary N) is 1. The summed E-state index contributed by atoms with van der Waals surface area (Å²) in [5.41, 5.74) is 2.14. The van der Waals surface area contributed by atoms with E-state index < -0.39 is 0 Å². The van der Waals surface area contributed by atoms with Gasteiger partial charge in [-0.2, -0.15) is 0 Å². The van der Waals surface area contributed by atoms with Crippen molar-refractivity contribution < 1.29 is 4.79 Å². The fourth-order valence-corrected chi connectivity index (χ4v) is 2.50. The van der Waals surface area contributed by atoms with Crippen LogP contribution < -0.4 is 10.2 Å². The van der Waals surface area contributed by atoms with Gasteiger partial charge in [0.2, 0.25) is 5.91 Å².